The Hall–Kier alpha value is -0.870. The van der Waals surface area contributed by atoms with Crippen molar-refractivity contribution in [3.63, 3.8) is 0 Å². The molecule has 1 aromatic carbocycles. The average molecular weight is 284 g/mol. The van der Waals surface area contributed by atoms with E-state index in [2.05, 4.69) is 28.1 Å². The van der Waals surface area contributed by atoms with Crippen LogP contribution in [0, 0.1) is 0 Å². The predicted molar refractivity (Wildman–Crippen MR) is 65.1 cm³/mol. The number of nitrogens with zero attached hydrogens (tertiary/aromatic N) is 1. The predicted octanol–water partition coefficient (Wildman–Crippen LogP) is 2.63. The zero-order chi connectivity index (χ0) is 11.7. The standard InChI is InChI=1S/C12H14BrNO2/c1-2-11(12(15)16)14-6-8-3-4-10(13)5-9(8)7-14/h3-5,11H,2,6-7H2,1H3,(H,15,16). The van der Waals surface area contributed by atoms with E-state index in [1.165, 1.54) is 11.1 Å². The van der Waals surface area contributed by atoms with Crippen LogP contribution < -0.4 is 0 Å². The maximum atomic E-state index is 11.1. The first-order valence-electron chi connectivity index (χ1n) is 5.36. The minimum Gasteiger partial charge on any atom is -0.480 e. The third-order valence-corrected chi connectivity index (χ3v) is 3.52. The molecule has 0 radical (unpaired) electrons. The first kappa shape index (κ1) is 11.6. The highest BCUT2D eigenvalue weighted by Gasteiger charge is 2.29. The van der Waals surface area contributed by atoms with Gasteiger partial charge >= 0.3 is 5.97 Å². The van der Waals surface area contributed by atoms with E-state index in [1.54, 1.807) is 0 Å². The van der Waals surface area contributed by atoms with Crippen molar-refractivity contribution in [1.29, 1.82) is 0 Å². The SMILES string of the molecule is CCC(C(=O)O)N1Cc2ccc(Br)cc2C1. The van der Waals surface area contributed by atoms with Gasteiger partial charge in [-0.25, -0.2) is 0 Å². The number of carboxylic acids is 1. The number of hydrogen-bond acceptors (Lipinski definition) is 2. The molecule has 1 atom stereocenters. The first-order chi connectivity index (χ1) is 7.61. The number of benzene rings is 1. The van der Waals surface area contributed by atoms with Gasteiger partial charge in [0.25, 0.3) is 0 Å². The lowest BCUT2D eigenvalue weighted by molar-refractivity contribution is -0.143. The molecule has 16 heavy (non-hydrogen) atoms. The van der Waals surface area contributed by atoms with Crippen LogP contribution in [0.5, 0.6) is 0 Å². The topological polar surface area (TPSA) is 40.5 Å². The average Bonchev–Trinajstić information content (AvgIpc) is 2.60. The molecule has 4 heteroatoms. The van der Waals surface area contributed by atoms with Gasteiger partial charge in [-0.2, -0.15) is 0 Å². The molecule has 0 aromatic heterocycles. The molecule has 86 valence electrons. The van der Waals surface area contributed by atoms with Gasteiger partial charge in [-0.3, -0.25) is 9.69 Å². The van der Waals surface area contributed by atoms with Crippen LogP contribution in [0.15, 0.2) is 22.7 Å². The highest BCUT2D eigenvalue weighted by molar-refractivity contribution is 9.10. The third kappa shape index (κ3) is 2.13. The van der Waals surface area contributed by atoms with Crippen molar-refractivity contribution in [3.8, 4) is 0 Å². The van der Waals surface area contributed by atoms with E-state index in [1.807, 2.05) is 17.9 Å². The second-order valence-electron chi connectivity index (χ2n) is 4.08. The Morgan fingerprint density at radius 3 is 2.81 bits per heavy atom. The molecule has 1 aliphatic rings. The maximum absolute atomic E-state index is 11.1. The summed E-state index contributed by atoms with van der Waals surface area (Å²) >= 11 is 3.43. The van der Waals surface area contributed by atoms with Crippen LogP contribution in [0.3, 0.4) is 0 Å². The Balaban J connectivity index is 2.18. The Labute approximate surface area is 103 Å². The monoisotopic (exact) mass is 283 g/mol. The van der Waals surface area contributed by atoms with E-state index in [4.69, 9.17) is 5.11 Å². The van der Waals surface area contributed by atoms with Crippen LogP contribution in [-0.4, -0.2) is 22.0 Å². The van der Waals surface area contributed by atoms with Gasteiger partial charge in [-0.05, 0) is 29.7 Å². The summed E-state index contributed by atoms with van der Waals surface area (Å²) in [6.07, 6.45) is 0.643. The lowest BCUT2D eigenvalue weighted by atomic mass is 10.1. The van der Waals surface area contributed by atoms with Crippen molar-refractivity contribution in [2.75, 3.05) is 0 Å². The van der Waals surface area contributed by atoms with Gasteiger partial charge in [0, 0.05) is 17.6 Å². The minimum atomic E-state index is -0.727. The fourth-order valence-electron chi connectivity index (χ4n) is 2.20. The molecule has 0 amide bonds. The van der Waals surface area contributed by atoms with Gasteiger partial charge in [0.15, 0.2) is 0 Å². The summed E-state index contributed by atoms with van der Waals surface area (Å²) in [4.78, 5) is 13.1. The van der Waals surface area contributed by atoms with Crippen LogP contribution in [-0.2, 0) is 17.9 Å². The lowest BCUT2D eigenvalue weighted by Gasteiger charge is -2.22. The van der Waals surface area contributed by atoms with Gasteiger partial charge in [0.05, 0.1) is 0 Å². The summed E-state index contributed by atoms with van der Waals surface area (Å²) in [5, 5.41) is 9.12. The van der Waals surface area contributed by atoms with E-state index in [0.29, 0.717) is 6.42 Å². The molecule has 0 fully saturated rings. The van der Waals surface area contributed by atoms with Crippen LogP contribution in [0.1, 0.15) is 24.5 Å². The molecule has 1 aromatic rings. The van der Waals surface area contributed by atoms with Crippen molar-refractivity contribution in [2.24, 2.45) is 0 Å². The maximum Gasteiger partial charge on any atom is 0.320 e. The summed E-state index contributed by atoms with van der Waals surface area (Å²) in [6, 6.07) is 5.77. The largest absolute Gasteiger partial charge is 0.480 e. The zero-order valence-corrected chi connectivity index (χ0v) is 10.7. The molecular formula is C12H14BrNO2. The van der Waals surface area contributed by atoms with Gasteiger partial charge in [0.2, 0.25) is 0 Å². The summed E-state index contributed by atoms with van der Waals surface area (Å²) in [7, 11) is 0. The fraction of sp³-hybridized carbons (Fsp3) is 0.417. The fourth-order valence-corrected chi connectivity index (χ4v) is 2.61. The first-order valence-corrected chi connectivity index (χ1v) is 6.15. The molecule has 1 aliphatic heterocycles. The summed E-state index contributed by atoms with van der Waals surface area (Å²) in [6.45, 7) is 3.39. The quantitative estimate of drug-likeness (QED) is 0.927. The molecule has 1 N–H and O–H groups in total. The van der Waals surface area contributed by atoms with Crippen molar-refractivity contribution in [1.82, 2.24) is 4.90 Å². The molecule has 2 rings (SSSR count). The molecule has 0 spiro atoms. The van der Waals surface area contributed by atoms with Gasteiger partial charge in [-0.15, -0.1) is 0 Å². The molecule has 1 unspecified atom stereocenters. The Kier molecular flexibility index (Phi) is 3.30. The lowest BCUT2D eigenvalue weighted by Crippen LogP contribution is -2.36. The van der Waals surface area contributed by atoms with Crippen molar-refractivity contribution >= 4 is 21.9 Å². The van der Waals surface area contributed by atoms with Crippen LogP contribution in [0.25, 0.3) is 0 Å². The summed E-state index contributed by atoms with van der Waals surface area (Å²) in [5.41, 5.74) is 2.47. The number of fused-ring (bicyclic) bond motifs is 1. The van der Waals surface area contributed by atoms with Gasteiger partial charge < -0.3 is 5.11 Å². The Bertz CT molecular complexity index is 419. The van der Waals surface area contributed by atoms with E-state index in [9.17, 15) is 4.79 Å². The highest BCUT2D eigenvalue weighted by atomic mass is 79.9. The van der Waals surface area contributed by atoms with Crippen molar-refractivity contribution in [3.05, 3.63) is 33.8 Å². The van der Waals surface area contributed by atoms with Crippen LogP contribution >= 0.6 is 15.9 Å². The molecular weight excluding hydrogens is 270 g/mol. The Morgan fingerprint density at radius 1 is 1.50 bits per heavy atom. The number of hydrogen-bond donors (Lipinski definition) is 1. The van der Waals surface area contributed by atoms with E-state index < -0.39 is 5.97 Å². The number of halogens is 1. The number of carbonyl (C=O) groups is 1. The molecule has 0 bridgehead atoms. The zero-order valence-electron chi connectivity index (χ0n) is 9.11. The smallest absolute Gasteiger partial charge is 0.320 e. The van der Waals surface area contributed by atoms with Crippen LogP contribution in [0.2, 0.25) is 0 Å². The molecule has 3 nitrogen and oxygen atoms in total. The van der Waals surface area contributed by atoms with E-state index in [0.717, 1.165) is 17.6 Å². The molecule has 0 saturated carbocycles. The molecule has 1 heterocycles. The normalized spacial score (nSPS) is 17.1. The van der Waals surface area contributed by atoms with E-state index >= 15 is 0 Å². The Morgan fingerprint density at radius 2 is 2.19 bits per heavy atom. The second-order valence-corrected chi connectivity index (χ2v) is 5.00. The second kappa shape index (κ2) is 4.55. The van der Waals surface area contributed by atoms with Gasteiger partial charge in [0.1, 0.15) is 6.04 Å². The summed E-state index contributed by atoms with van der Waals surface area (Å²) < 4.78 is 1.05. The highest BCUT2D eigenvalue weighted by Crippen LogP contribution is 2.28. The van der Waals surface area contributed by atoms with Crippen LogP contribution in [0.4, 0.5) is 0 Å². The number of rotatable bonds is 3. The molecule has 0 aliphatic carbocycles. The van der Waals surface area contributed by atoms with Crippen molar-refractivity contribution in [2.45, 2.75) is 32.5 Å². The van der Waals surface area contributed by atoms with E-state index in [-0.39, 0.29) is 6.04 Å². The summed E-state index contributed by atoms with van der Waals surface area (Å²) in [5.74, 6) is -0.727. The number of aliphatic carboxylic acids is 1. The van der Waals surface area contributed by atoms with Crippen molar-refractivity contribution < 1.29 is 9.90 Å². The third-order valence-electron chi connectivity index (χ3n) is 3.03. The molecule has 0 saturated heterocycles. The number of carboxylic acid groups (broad SMARTS) is 1. The van der Waals surface area contributed by atoms with Gasteiger partial charge in [-0.1, -0.05) is 28.9 Å². The minimum absolute atomic E-state index is 0.369.